The minimum atomic E-state index is -3.66. The summed E-state index contributed by atoms with van der Waals surface area (Å²) in [5, 5.41) is 12.1. The maximum absolute atomic E-state index is 13.2. The van der Waals surface area contributed by atoms with Crippen LogP contribution in [-0.4, -0.2) is 34.9 Å². The van der Waals surface area contributed by atoms with Crippen LogP contribution in [0.15, 0.2) is 59.6 Å². The van der Waals surface area contributed by atoms with E-state index in [4.69, 9.17) is 0 Å². The first-order valence-electron chi connectivity index (χ1n) is 8.77. The van der Waals surface area contributed by atoms with Crippen LogP contribution in [-0.2, 0) is 16.4 Å². The maximum Gasteiger partial charge on any atom is 0.244 e. The Balaban J connectivity index is 1.85. The first-order valence-corrected chi connectivity index (χ1v) is 10.2. The Kier molecular flexibility index (Phi) is 4.14. The molecule has 0 saturated heterocycles. The summed E-state index contributed by atoms with van der Waals surface area (Å²) < 4.78 is 27.9. The molecule has 0 bridgehead atoms. The number of H-pyrrole nitrogens is 1. The molecule has 1 aromatic heterocycles. The van der Waals surface area contributed by atoms with Gasteiger partial charge in [0, 0.05) is 28.7 Å². The summed E-state index contributed by atoms with van der Waals surface area (Å²) in [6.07, 6.45) is 1.45. The van der Waals surface area contributed by atoms with Gasteiger partial charge in [-0.2, -0.15) is 4.31 Å². The van der Waals surface area contributed by atoms with Crippen LogP contribution in [0.5, 0.6) is 0 Å². The minimum absolute atomic E-state index is 0.206. The molecule has 0 spiro atoms. The number of aliphatic hydroxyl groups is 1. The van der Waals surface area contributed by atoms with Crippen LogP contribution in [0.4, 0.5) is 0 Å². The van der Waals surface area contributed by atoms with Crippen molar-refractivity contribution in [2.24, 2.45) is 0 Å². The molecule has 0 fully saturated rings. The summed E-state index contributed by atoms with van der Waals surface area (Å²) in [6.45, 7) is 3.70. The Morgan fingerprint density at radius 1 is 1.12 bits per heavy atom. The molecule has 0 unspecified atom stereocenters. The lowest BCUT2D eigenvalue weighted by molar-refractivity contribution is 0.0687. The summed E-state index contributed by atoms with van der Waals surface area (Å²) in [4.78, 5) is 3.39. The van der Waals surface area contributed by atoms with Gasteiger partial charge in [0.25, 0.3) is 0 Å². The molecule has 6 heteroatoms. The number of nitrogens with one attached hydrogen (secondary N) is 1. The van der Waals surface area contributed by atoms with Crippen LogP contribution >= 0.6 is 0 Å². The Morgan fingerprint density at radius 2 is 1.88 bits per heavy atom. The molecular weight excluding hydrogens is 348 g/mol. The van der Waals surface area contributed by atoms with Crippen molar-refractivity contribution in [1.29, 1.82) is 0 Å². The highest BCUT2D eigenvalue weighted by atomic mass is 32.2. The first-order chi connectivity index (χ1) is 12.4. The van der Waals surface area contributed by atoms with Gasteiger partial charge >= 0.3 is 0 Å². The van der Waals surface area contributed by atoms with E-state index in [0.29, 0.717) is 12.0 Å². The number of hydrogen-bond donors (Lipinski definition) is 2. The van der Waals surface area contributed by atoms with Crippen molar-refractivity contribution in [3.05, 3.63) is 65.9 Å². The normalized spacial score (nSPS) is 22.6. The van der Waals surface area contributed by atoms with Crippen molar-refractivity contribution < 1.29 is 13.5 Å². The van der Waals surface area contributed by atoms with Crippen LogP contribution in [0.3, 0.4) is 0 Å². The molecule has 1 aliphatic heterocycles. The molecule has 1 aliphatic rings. The quantitative estimate of drug-likeness (QED) is 0.743. The molecule has 2 atom stereocenters. The zero-order chi connectivity index (χ0) is 18.5. The van der Waals surface area contributed by atoms with Gasteiger partial charge in [-0.25, -0.2) is 8.42 Å². The van der Waals surface area contributed by atoms with Crippen LogP contribution in [0.1, 0.15) is 31.1 Å². The second kappa shape index (κ2) is 6.23. The van der Waals surface area contributed by atoms with Gasteiger partial charge in [0.05, 0.1) is 17.0 Å². The third kappa shape index (κ3) is 2.57. The topological polar surface area (TPSA) is 73.4 Å². The fraction of sp³-hybridized carbons (Fsp3) is 0.300. The molecule has 4 rings (SSSR count). The highest BCUT2D eigenvalue weighted by molar-refractivity contribution is 7.89. The fourth-order valence-corrected chi connectivity index (χ4v) is 6.08. The highest BCUT2D eigenvalue weighted by Gasteiger charge is 2.44. The number of aromatic amines is 1. The van der Waals surface area contributed by atoms with Crippen LogP contribution in [0.2, 0.25) is 0 Å². The first kappa shape index (κ1) is 17.3. The van der Waals surface area contributed by atoms with Gasteiger partial charge < -0.3 is 10.1 Å². The van der Waals surface area contributed by atoms with Gasteiger partial charge in [0.2, 0.25) is 10.0 Å². The number of aliphatic hydroxyl groups excluding tert-OH is 1. The van der Waals surface area contributed by atoms with Crippen LogP contribution in [0.25, 0.3) is 10.9 Å². The van der Waals surface area contributed by atoms with Crippen molar-refractivity contribution in [2.75, 3.05) is 0 Å². The summed E-state index contributed by atoms with van der Waals surface area (Å²) in [5.74, 6) is 0. The van der Waals surface area contributed by atoms with E-state index in [9.17, 15) is 13.5 Å². The van der Waals surface area contributed by atoms with E-state index in [1.165, 1.54) is 4.31 Å². The van der Waals surface area contributed by atoms with E-state index < -0.39 is 22.2 Å². The van der Waals surface area contributed by atoms with Crippen molar-refractivity contribution in [3.63, 3.8) is 0 Å². The monoisotopic (exact) mass is 370 g/mol. The third-order valence-corrected chi connectivity index (χ3v) is 7.28. The lowest BCUT2D eigenvalue weighted by Gasteiger charge is -2.41. The van der Waals surface area contributed by atoms with Gasteiger partial charge in [0.1, 0.15) is 0 Å². The Morgan fingerprint density at radius 3 is 2.65 bits per heavy atom. The second-order valence-electron chi connectivity index (χ2n) is 7.04. The number of fused-ring (bicyclic) bond motifs is 2. The van der Waals surface area contributed by atoms with Crippen LogP contribution in [0, 0.1) is 0 Å². The summed E-state index contributed by atoms with van der Waals surface area (Å²) in [6, 6.07) is 13.9. The number of benzene rings is 2. The van der Waals surface area contributed by atoms with E-state index in [1.54, 1.807) is 24.3 Å². The van der Waals surface area contributed by atoms with E-state index in [0.717, 1.165) is 16.5 Å². The molecule has 3 aromatic rings. The SMILES string of the molecule is CC(C)N1[C@H](Cc2cccc3[nH]ccc23)[C@H](O)c2ccccc2S1(=O)=O. The predicted molar refractivity (Wildman–Crippen MR) is 101 cm³/mol. The molecule has 0 radical (unpaired) electrons. The van der Waals surface area contributed by atoms with E-state index >= 15 is 0 Å². The highest BCUT2D eigenvalue weighted by Crippen LogP contribution is 2.39. The van der Waals surface area contributed by atoms with E-state index in [1.807, 2.05) is 44.3 Å². The number of sulfonamides is 1. The molecule has 5 nitrogen and oxygen atoms in total. The third-order valence-electron chi connectivity index (χ3n) is 5.11. The summed E-state index contributed by atoms with van der Waals surface area (Å²) in [7, 11) is -3.66. The molecule has 26 heavy (non-hydrogen) atoms. The second-order valence-corrected chi connectivity index (χ2v) is 8.85. The molecule has 0 aliphatic carbocycles. The van der Waals surface area contributed by atoms with Crippen molar-refractivity contribution >= 4 is 20.9 Å². The average Bonchev–Trinajstić information content (AvgIpc) is 3.09. The van der Waals surface area contributed by atoms with Crippen LogP contribution < -0.4 is 0 Å². The Hall–Kier alpha value is -2.15. The smallest absolute Gasteiger partial charge is 0.244 e. The summed E-state index contributed by atoms with van der Waals surface area (Å²) >= 11 is 0. The maximum atomic E-state index is 13.2. The molecule has 0 amide bonds. The standard InChI is InChI=1S/C20H22N2O3S/c1-13(2)22-18(12-14-6-5-8-17-15(14)10-11-21-17)20(23)16-7-3-4-9-19(16)26(22,24)25/h3-11,13,18,20-21,23H,12H2,1-2H3/t18-,20-/m1/s1. The van der Waals surface area contributed by atoms with E-state index in [-0.39, 0.29) is 10.9 Å². The van der Waals surface area contributed by atoms with Crippen molar-refractivity contribution in [1.82, 2.24) is 9.29 Å². The summed E-state index contributed by atoms with van der Waals surface area (Å²) in [5.41, 5.74) is 2.51. The van der Waals surface area contributed by atoms with Gasteiger partial charge in [0.15, 0.2) is 0 Å². The number of nitrogens with zero attached hydrogens (tertiary/aromatic N) is 1. The van der Waals surface area contributed by atoms with Gasteiger partial charge in [-0.3, -0.25) is 0 Å². The Labute approximate surface area is 153 Å². The molecule has 2 heterocycles. The Bertz CT molecular complexity index is 1060. The lowest BCUT2D eigenvalue weighted by Crippen LogP contribution is -2.52. The van der Waals surface area contributed by atoms with Crippen molar-refractivity contribution in [3.8, 4) is 0 Å². The zero-order valence-corrected chi connectivity index (χ0v) is 15.6. The molecule has 2 N–H and O–H groups in total. The van der Waals surface area contributed by atoms with Gasteiger partial charge in [-0.1, -0.05) is 30.3 Å². The number of rotatable bonds is 3. The van der Waals surface area contributed by atoms with Crippen molar-refractivity contribution in [2.45, 2.75) is 43.4 Å². The number of hydrogen-bond acceptors (Lipinski definition) is 3. The fourth-order valence-electron chi connectivity index (χ4n) is 4.01. The largest absolute Gasteiger partial charge is 0.387 e. The molecular formula is C20H22N2O3S. The molecule has 136 valence electrons. The zero-order valence-electron chi connectivity index (χ0n) is 14.8. The molecule has 0 saturated carbocycles. The van der Waals surface area contributed by atoms with E-state index in [2.05, 4.69) is 4.98 Å². The minimum Gasteiger partial charge on any atom is -0.387 e. The predicted octanol–water partition coefficient (Wildman–Crippen LogP) is 3.23. The average molecular weight is 370 g/mol. The molecule has 2 aromatic carbocycles. The van der Waals surface area contributed by atoms with Gasteiger partial charge in [-0.05, 0) is 44.0 Å². The number of aromatic nitrogens is 1. The lowest BCUT2D eigenvalue weighted by atomic mass is 9.93. The van der Waals surface area contributed by atoms with Gasteiger partial charge in [-0.15, -0.1) is 0 Å².